The summed E-state index contributed by atoms with van der Waals surface area (Å²) in [5, 5.41) is 5.14. The van der Waals surface area contributed by atoms with Gasteiger partial charge in [-0.2, -0.15) is 0 Å². The van der Waals surface area contributed by atoms with Gasteiger partial charge in [0, 0.05) is 22.3 Å². The molecular formula is C19H17N3O4S. The van der Waals surface area contributed by atoms with Gasteiger partial charge in [-0.05, 0) is 36.6 Å². The fourth-order valence-corrected chi connectivity index (χ4v) is 2.86. The van der Waals surface area contributed by atoms with Crippen molar-refractivity contribution in [2.75, 3.05) is 24.0 Å². The molecule has 3 rings (SSSR count). The molecule has 2 amide bonds. The van der Waals surface area contributed by atoms with Crippen LogP contribution in [0.25, 0.3) is 11.3 Å². The maximum atomic E-state index is 12.2. The average molecular weight is 383 g/mol. The van der Waals surface area contributed by atoms with Gasteiger partial charge in [-0.15, -0.1) is 11.8 Å². The summed E-state index contributed by atoms with van der Waals surface area (Å²) in [6.45, 7) is 0. The first-order chi connectivity index (χ1) is 13.1. The lowest BCUT2D eigenvalue weighted by atomic mass is 10.1. The molecule has 1 aromatic heterocycles. The molecule has 7 nitrogen and oxygen atoms in total. The lowest BCUT2D eigenvalue weighted by molar-refractivity contribution is -0.133. The average Bonchev–Trinajstić information content (AvgIpc) is 3.22. The van der Waals surface area contributed by atoms with Crippen LogP contribution < -0.4 is 15.4 Å². The molecule has 0 aliphatic rings. The predicted octanol–water partition coefficient (Wildman–Crippen LogP) is 3.65. The molecule has 0 radical (unpaired) electrons. The maximum absolute atomic E-state index is 12.2. The monoisotopic (exact) mass is 383 g/mol. The van der Waals surface area contributed by atoms with Crippen LogP contribution in [0.5, 0.6) is 5.75 Å². The summed E-state index contributed by atoms with van der Waals surface area (Å²) in [4.78, 5) is 29.2. The fraction of sp³-hybridized carbons (Fsp3) is 0.105. The quantitative estimate of drug-likeness (QED) is 0.516. The van der Waals surface area contributed by atoms with Gasteiger partial charge in [-0.3, -0.25) is 9.59 Å². The van der Waals surface area contributed by atoms with Crippen molar-refractivity contribution in [2.24, 2.45) is 0 Å². The molecule has 0 saturated carbocycles. The SMILES string of the molecule is COc1cc(NC(=O)C(=O)Nc2cccc(SC)c2)ccc1-c1cnco1. The minimum Gasteiger partial charge on any atom is -0.496 e. The van der Waals surface area contributed by atoms with Crippen LogP contribution >= 0.6 is 11.8 Å². The Kier molecular flexibility index (Phi) is 5.77. The summed E-state index contributed by atoms with van der Waals surface area (Å²) in [6, 6.07) is 12.2. The van der Waals surface area contributed by atoms with E-state index in [9.17, 15) is 9.59 Å². The zero-order chi connectivity index (χ0) is 19.2. The van der Waals surface area contributed by atoms with Crippen LogP contribution in [-0.2, 0) is 9.59 Å². The Morgan fingerprint density at radius 2 is 1.81 bits per heavy atom. The van der Waals surface area contributed by atoms with Gasteiger partial charge >= 0.3 is 11.8 Å². The van der Waals surface area contributed by atoms with Crippen LogP contribution in [-0.4, -0.2) is 30.2 Å². The second-order valence-corrected chi connectivity index (χ2v) is 6.30. The number of aromatic nitrogens is 1. The van der Waals surface area contributed by atoms with E-state index in [1.54, 1.807) is 48.3 Å². The summed E-state index contributed by atoms with van der Waals surface area (Å²) >= 11 is 1.55. The van der Waals surface area contributed by atoms with Gasteiger partial charge < -0.3 is 19.8 Å². The number of carbonyl (C=O) groups is 2. The molecule has 0 atom stereocenters. The van der Waals surface area contributed by atoms with Crippen LogP contribution in [0.3, 0.4) is 0 Å². The predicted molar refractivity (Wildman–Crippen MR) is 104 cm³/mol. The van der Waals surface area contributed by atoms with E-state index in [4.69, 9.17) is 9.15 Å². The van der Waals surface area contributed by atoms with Crippen LogP contribution in [0.1, 0.15) is 0 Å². The molecule has 0 aliphatic heterocycles. The van der Waals surface area contributed by atoms with Gasteiger partial charge in [0.15, 0.2) is 12.2 Å². The third-order valence-electron chi connectivity index (χ3n) is 3.69. The highest BCUT2D eigenvalue weighted by Gasteiger charge is 2.16. The Hall–Kier alpha value is -3.26. The van der Waals surface area contributed by atoms with Crippen LogP contribution in [0, 0.1) is 0 Å². The summed E-state index contributed by atoms with van der Waals surface area (Å²) in [6.07, 6.45) is 4.82. The lowest BCUT2D eigenvalue weighted by Gasteiger charge is -2.10. The molecule has 0 aliphatic carbocycles. The maximum Gasteiger partial charge on any atom is 0.314 e. The summed E-state index contributed by atoms with van der Waals surface area (Å²) in [5.74, 6) is -0.515. The smallest absolute Gasteiger partial charge is 0.314 e. The molecule has 0 bridgehead atoms. The first kappa shape index (κ1) is 18.5. The summed E-state index contributed by atoms with van der Waals surface area (Å²) in [5.41, 5.74) is 1.67. The molecule has 0 saturated heterocycles. The molecular weight excluding hydrogens is 366 g/mol. The number of thioether (sulfide) groups is 1. The number of ether oxygens (including phenoxy) is 1. The Morgan fingerprint density at radius 1 is 1.07 bits per heavy atom. The van der Waals surface area contributed by atoms with Gasteiger partial charge in [-0.1, -0.05) is 6.07 Å². The highest BCUT2D eigenvalue weighted by Crippen LogP contribution is 2.32. The van der Waals surface area contributed by atoms with Gasteiger partial charge in [0.2, 0.25) is 0 Å². The zero-order valence-electron chi connectivity index (χ0n) is 14.7. The standard InChI is InChI=1S/C19H17N3O4S/c1-25-16-9-13(6-7-15(16)17-10-20-11-26-17)22-19(24)18(23)21-12-4-3-5-14(8-12)27-2/h3-11H,1-2H3,(H,21,23)(H,22,24). The van der Waals surface area contributed by atoms with Gasteiger partial charge in [0.25, 0.3) is 0 Å². The molecule has 3 aromatic rings. The Bertz CT molecular complexity index is 957. The van der Waals surface area contributed by atoms with Crippen molar-refractivity contribution >= 4 is 35.0 Å². The van der Waals surface area contributed by atoms with E-state index in [1.807, 2.05) is 18.4 Å². The lowest BCUT2D eigenvalue weighted by Crippen LogP contribution is -2.29. The van der Waals surface area contributed by atoms with Crippen molar-refractivity contribution in [1.29, 1.82) is 0 Å². The summed E-state index contributed by atoms with van der Waals surface area (Å²) < 4.78 is 10.6. The number of hydrogen-bond donors (Lipinski definition) is 2. The number of nitrogens with one attached hydrogen (secondary N) is 2. The summed E-state index contributed by atoms with van der Waals surface area (Å²) in [7, 11) is 1.51. The van der Waals surface area contributed by atoms with E-state index >= 15 is 0 Å². The number of rotatable bonds is 5. The second-order valence-electron chi connectivity index (χ2n) is 5.42. The minimum absolute atomic E-state index is 0.424. The molecule has 0 fully saturated rings. The number of hydrogen-bond acceptors (Lipinski definition) is 6. The van der Waals surface area contributed by atoms with Crippen LogP contribution in [0.2, 0.25) is 0 Å². The van der Waals surface area contributed by atoms with E-state index in [0.29, 0.717) is 28.4 Å². The number of methoxy groups -OCH3 is 1. The topological polar surface area (TPSA) is 93.5 Å². The largest absolute Gasteiger partial charge is 0.496 e. The number of carbonyl (C=O) groups excluding carboxylic acids is 2. The van der Waals surface area contributed by atoms with Crippen molar-refractivity contribution in [2.45, 2.75) is 4.90 Å². The second kappa shape index (κ2) is 8.41. The Balaban J connectivity index is 1.70. The van der Waals surface area contributed by atoms with Crippen molar-refractivity contribution in [3.63, 3.8) is 0 Å². The minimum atomic E-state index is -0.779. The van der Waals surface area contributed by atoms with Gasteiger partial charge in [0.1, 0.15) is 5.75 Å². The Morgan fingerprint density at radius 3 is 2.44 bits per heavy atom. The molecule has 138 valence electrons. The fourth-order valence-electron chi connectivity index (χ4n) is 2.40. The number of amides is 2. The molecule has 0 unspecified atom stereocenters. The third-order valence-corrected chi connectivity index (χ3v) is 4.42. The molecule has 1 heterocycles. The van der Waals surface area contributed by atoms with Crippen LogP contribution in [0.15, 0.2) is 64.4 Å². The van der Waals surface area contributed by atoms with Gasteiger partial charge in [-0.25, -0.2) is 4.98 Å². The van der Waals surface area contributed by atoms with E-state index in [0.717, 1.165) is 4.90 Å². The highest BCUT2D eigenvalue weighted by molar-refractivity contribution is 7.98. The van der Waals surface area contributed by atoms with Gasteiger partial charge in [0.05, 0.1) is 18.9 Å². The Labute approximate surface area is 160 Å². The van der Waals surface area contributed by atoms with E-state index in [1.165, 1.54) is 13.5 Å². The number of benzene rings is 2. The molecule has 0 spiro atoms. The van der Waals surface area contributed by atoms with Crippen molar-refractivity contribution in [3.8, 4) is 17.1 Å². The van der Waals surface area contributed by atoms with E-state index < -0.39 is 11.8 Å². The number of anilines is 2. The normalized spacial score (nSPS) is 10.3. The molecule has 2 aromatic carbocycles. The van der Waals surface area contributed by atoms with Crippen molar-refractivity contribution in [3.05, 3.63) is 55.1 Å². The highest BCUT2D eigenvalue weighted by atomic mass is 32.2. The van der Waals surface area contributed by atoms with E-state index in [-0.39, 0.29) is 0 Å². The molecule has 2 N–H and O–H groups in total. The molecule has 27 heavy (non-hydrogen) atoms. The first-order valence-electron chi connectivity index (χ1n) is 7.94. The zero-order valence-corrected chi connectivity index (χ0v) is 15.5. The number of oxazole rings is 1. The van der Waals surface area contributed by atoms with Crippen molar-refractivity contribution < 1.29 is 18.7 Å². The van der Waals surface area contributed by atoms with Crippen LogP contribution in [0.4, 0.5) is 11.4 Å². The molecule has 8 heteroatoms. The first-order valence-corrected chi connectivity index (χ1v) is 9.16. The van der Waals surface area contributed by atoms with E-state index in [2.05, 4.69) is 15.6 Å². The van der Waals surface area contributed by atoms with Crippen molar-refractivity contribution in [1.82, 2.24) is 4.98 Å². The number of nitrogens with zero attached hydrogens (tertiary/aromatic N) is 1. The third kappa shape index (κ3) is 4.48.